The summed E-state index contributed by atoms with van der Waals surface area (Å²) in [5.74, 6) is 0.754. The van der Waals surface area contributed by atoms with Crippen LogP contribution in [-0.4, -0.2) is 33.6 Å². The molecule has 130 valence electrons. The summed E-state index contributed by atoms with van der Waals surface area (Å²) < 4.78 is 20.6. The SMILES string of the molecule is Cc1cc(F)c(-c2cncnc2)cc1C12COC(C)C1CSC(N)=N2. The molecule has 1 fully saturated rings. The second kappa shape index (κ2) is 6.07. The van der Waals surface area contributed by atoms with E-state index in [1.165, 1.54) is 6.33 Å². The average Bonchev–Trinajstić information content (AvgIpc) is 2.92. The highest BCUT2D eigenvalue weighted by Crippen LogP contribution is 2.49. The number of fused-ring (bicyclic) bond motifs is 1. The standard InChI is InChI=1S/C18H19FN4OS/c1-10-3-16(19)13(12-5-21-9-22-6-12)4-14(10)18-8-24-11(2)15(18)7-25-17(20)23-18/h3-6,9,11,15H,7-8H2,1-2H3,(H2,20,23). The van der Waals surface area contributed by atoms with Crippen molar-refractivity contribution in [2.45, 2.75) is 25.5 Å². The maximum atomic E-state index is 14.6. The summed E-state index contributed by atoms with van der Waals surface area (Å²) in [6, 6.07) is 3.42. The minimum Gasteiger partial charge on any atom is -0.379 e. The topological polar surface area (TPSA) is 73.4 Å². The van der Waals surface area contributed by atoms with E-state index < -0.39 is 5.54 Å². The summed E-state index contributed by atoms with van der Waals surface area (Å²) in [4.78, 5) is 12.8. The molecular formula is C18H19FN4OS. The first kappa shape index (κ1) is 16.5. The van der Waals surface area contributed by atoms with Crippen LogP contribution in [0.25, 0.3) is 11.1 Å². The molecule has 0 amide bonds. The van der Waals surface area contributed by atoms with Crippen LogP contribution in [0.4, 0.5) is 4.39 Å². The maximum Gasteiger partial charge on any atom is 0.154 e. The summed E-state index contributed by atoms with van der Waals surface area (Å²) in [7, 11) is 0. The van der Waals surface area contributed by atoms with Crippen molar-refractivity contribution in [1.82, 2.24) is 9.97 Å². The van der Waals surface area contributed by atoms with Crippen molar-refractivity contribution in [1.29, 1.82) is 0 Å². The van der Waals surface area contributed by atoms with E-state index in [1.807, 2.05) is 13.0 Å². The molecule has 7 heteroatoms. The van der Waals surface area contributed by atoms with Crippen molar-refractivity contribution < 1.29 is 9.13 Å². The average molecular weight is 358 g/mol. The maximum absolute atomic E-state index is 14.6. The molecule has 0 saturated carbocycles. The zero-order chi connectivity index (χ0) is 17.6. The third-order valence-corrected chi connectivity index (χ3v) is 6.03. The quantitative estimate of drug-likeness (QED) is 0.894. The van der Waals surface area contributed by atoms with E-state index in [0.29, 0.717) is 22.9 Å². The lowest BCUT2D eigenvalue weighted by atomic mass is 9.77. The number of aliphatic imine (C=N–C) groups is 1. The highest BCUT2D eigenvalue weighted by Gasteiger charge is 2.52. The molecule has 1 saturated heterocycles. The number of halogens is 1. The number of amidine groups is 1. The summed E-state index contributed by atoms with van der Waals surface area (Å²) in [6.45, 7) is 4.43. The van der Waals surface area contributed by atoms with Gasteiger partial charge in [-0.15, -0.1) is 0 Å². The Morgan fingerprint density at radius 3 is 2.84 bits per heavy atom. The summed E-state index contributed by atoms with van der Waals surface area (Å²) >= 11 is 1.55. The zero-order valence-corrected chi connectivity index (χ0v) is 14.9. The van der Waals surface area contributed by atoms with Crippen molar-refractivity contribution in [3.8, 4) is 11.1 Å². The van der Waals surface area contributed by atoms with Crippen LogP contribution in [-0.2, 0) is 10.3 Å². The predicted octanol–water partition coefficient (Wildman–Crippen LogP) is 2.88. The highest BCUT2D eigenvalue weighted by molar-refractivity contribution is 8.13. The van der Waals surface area contributed by atoms with Gasteiger partial charge >= 0.3 is 0 Å². The van der Waals surface area contributed by atoms with Gasteiger partial charge in [0.1, 0.15) is 17.7 Å². The molecule has 5 nitrogen and oxygen atoms in total. The molecule has 3 heterocycles. The number of aryl methyl sites for hydroxylation is 1. The van der Waals surface area contributed by atoms with Gasteiger partial charge in [-0.1, -0.05) is 11.8 Å². The predicted molar refractivity (Wildman–Crippen MR) is 96.8 cm³/mol. The fourth-order valence-corrected chi connectivity index (χ4v) is 4.92. The van der Waals surface area contributed by atoms with E-state index in [-0.39, 0.29) is 17.8 Å². The molecule has 0 spiro atoms. The molecule has 3 atom stereocenters. The Morgan fingerprint density at radius 1 is 1.32 bits per heavy atom. The summed E-state index contributed by atoms with van der Waals surface area (Å²) in [6.07, 6.45) is 4.74. The smallest absolute Gasteiger partial charge is 0.154 e. The molecule has 0 radical (unpaired) electrons. The fourth-order valence-electron chi connectivity index (χ4n) is 3.80. The molecule has 2 N–H and O–H groups in total. The van der Waals surface area contributed by atoms with Crippen molar-refractivity contribution >= 4 is 16.9 Å². The van der Waals surface area contributed by atoms with Gasteiger partial charge in [-0.05, 0) is 37.1 Å². The van der Waals surface area contributed by atoms with Crippen LogP contribution in [0.3, 0.4) is 0 Å². The van der Waals surface area contributed by atoms with E-state index in [2.05, 4.69) is 16.9 Å². The Balaban J connectivity index is 1.92. The second-order valence-corrected chi connectivity index (χ2v) is 7.62. The molecule has 2 aliphatic heterocycles. The number of ether oxygens (including phenoxy) is 1. The Labute approximate surface area is 149 Å². The normalized spacial score (nSPS) is 28.5. The first-order valence-corrected chi connectivity index (χ1v) is 9.15. The van der Waals surface area contributed by atoms with Crippen LogP contribution in [0.1, 0.15) is 18.1 Å². The lowest BCUT2D eigenvalue weighted by molar-refractivity contribution is 0.108. The lowest BCUT2D eigenvalue weighted by Crippen LogP contribution is -2.41. The van der Waals surface area contributed by atoms with Crippen LogP contribution in [0.15, 0.2) is 35.8 Å². The van der Waals surface area contributed by atoms with Crippen LogP contribution >= 0.6 is 11.8 Å². The minimum absolute atomic E-state index is 0.0808. The number of rotatable bonds is 2. The first-order valence-electron chi connectivity index (χ1n) is 8.17. The highest BCUT2D eigenvalue weighted by atomic mass is 32.2. The fraction of sp³-hybridized carbons (Fsp3) is 0.389. The van der Waals surface area contributed by atoms with Crippen molar-refractivity contribution in [2.75, 3.05) is 12.4 Å². The van der Waals surface area contributed by atoms with Gasteiger partial charge in [0.05, 0.1) is 12.7 Å². The van der Waals surface area contributed by atoms with E-state index in [9.17, 15) is 4.39 Å². The molecule has 4 rings (SSSR count). The molecule has 0 bridgehead atoms. The number of benzene rings is 1. The molecular weight excluding hydrogens is 339 g/mol. The number of hydrogen-bond donors (Lipinski definition) is 1. The third-order valence-electron chi connectivity index (χ3n) is 5.12. The lowest BCUT2D eigenvalue weighted by Gasteiger charge is -2.36. The Hall–Kier alpha value is -1.99. The molecule has 1 aromatic heterocycles. The van der Waals surface area contributed by atoms with Gasteiger partial charge in [0.2, 0.25) is 0 Å². The molecule has 2 aromatic rings. The molecule has 25 heavy (non-hydrogen) atoms. The third kappa shape index (κ3) is 2.62. The largest absolute Gasteiger partial charge is 0.379 e. The van der Waals surface area contributed by atoms with Gasteiger partial charge < -0.3 is 10.5 Å². The number of nitrogens with two attached hydrogens (primary N) is 1. The summed E-state index contributed by atoms with van der Waals surface area (Å²) in [5.41, 5.74) is 8.42. The van der Waals surface area contributed by atoms with Gasteiger partial charge in [-0.2, -0.15) is 0 Å². The number of thioether (sulfide) groups is 1. The number of hydrogen-bond acceptors (Lipinski definition) is 6. The second-order valence-electron chi connectivity index (χ2n) is 6.58. The van der Waals surface area contributed by atoms with Crippen LogP contribution in [0, 0.1) is 18.7 Å². The molecule has 2 aliphatic rings. The van der Waals surface area contributed by atoms with Gasteiger partial charge in [-0.25, -0.2) is 19.4 Å². The van der Waals surface area contributed by atoms with Crippen molar-refractivity contribution in [3.05, 3.63) is 47.8 Å². The van der Waals surface area contributed by atoms with E-state index >= 15 is 0 Å². The molecule has 3 unspecified atom stereocenters. The van der Waals surface area contributed by atoms with E-state index in [4.69, 9.17) is 15.5 Å². The Morgan fingerprint density at radius 2 is 2.08 bits per heavy atom. The van der Waals surface area contributed by atoms with Crippen LogP contribution < -0.4 is 5.73 Å². The first-order chi connectivity index (χ1) is 12.0. The Bertz CT molecular complexity index is 844. The van der Waals surface area contributed by atoms with Crippen LogP contribution in [0.5, 0.6) is 0 Å². The van der Waals surface area contributed by atoms with Gasteiger partial charge in [0.25, 0.3) is 0 Å². The van der Waals surface area contributed by atoms with Crippen LogP contribution in [0.2, 0.25) is 0 Å². The molecule has 1 aromatic carbocycles. The van der Waals surface area contributed by atoms with Gasteiger partial charge in [0.15, 0.2) is 5.17 Å². The molecule has 0 aliphatic carbocycles. The summed E-state index contributed by atoms with van der Waals surface area (Å²) in [5, 5.41) is 0.558. The van der Waals surface area contributed by atoms with E-state index in [1.54, 1.807) is 30.2 Å². The van der Waals surface area contributed by atoms with Gasteiger partial charge in [-0.3, -0.25) is 0 Å². The zero-order valence-electron chi connectivity index (χ0n) is 14.1. The monoisotopic (exact) mass is 358 g/mol. The minimum atomic E-state index is -0.559. The Kier molecular flexibility index (Phi) is 4.00. The number of nitrogens with zero attached hydrogens (tertiary/aromatic N) is 3. The van der Waals surface area contributed by atoms with E-state index in [0.717, 1.165) is 16.9 Å². The van der Waals surface area contributed by atoms with Crippen molar-refractivity contribution in [2.24, 2.45) is 16.6 Å². The van der Waals surface area contributed by atoms with Gasteiger partial charge in [0, 0.05) is 35.2 Å². The number of aromatic nitrogens is 2. The van der Waals surface area contributed by atoms with Crippen molar-refractivity contribution in [3.63, 3.8) is 0 Å².